The van der Waals surface area contributed by atoms with E-state index in [-0.39, 0.29) is 24.6 Å². The molecule has 1 aliphatic rings. The van der Waals surface area contributed by atoms with Crippen LogP contribution in [-0.4, -0.2) is 65.3 Å². The molecule has 0 saturated carbocycles. The first kappa shape index (κ1) is 20.3. The number of hydrogen-bond donors (Lipinski definition) is 3. The van der Waals surface area contributed by atoms with Crippen molar-refractivity contribution in [3.8, 4) is 0 Å². The molecule has 2 amide bonds. The van der Waals surface area contributed by atoms with E-state index in [1.807, 2.05) is 18.2 Å². The molecule has 1 aromatic carbocycles. The summed E-state index contributed by atoms with van der Waals surface area (Å²) in [6.07, 6.45) is 2.65. The number of amides is 2. The fourth-order valence-electron chi connectivity index (χ4n) is 3.49. The first-order valence-electron chi connectivity index (χ1n) is 9.65. The van der Waals surface area contributed by atoms with Crippen molar-refractivity contribution in [3.63, 3.8) is 0 Å². The minimum atomic E-state index is -0.304. The van der Waals surface area contributed by atoms with Gasteiger partial charge in [-0.2, -0.15) is 5.10 Å². The third-order valence-corrected chi connectivity index (χ3v) is 5.05. The molecule has 2 aromatic rings. The summed E-state index contributed by atoms with van der Waals surface area (Å²) in [5, 5.41) is 19.8. The Kier molecular flexibility index (Phi) is 7.41. The number of aliphatic hydroxyl groups is 1. The van der Waals surface area contributed by atoms with Crippen molar-refractivity contribution in [3.05, 3.63) is 48.2 Å². The van der Waals surface area contributed by atoms with E-state index in [2.05, 4.69) is 32.8 Å². The number of piperidine rings is 1. The van der Waals surface area contributed by atoms with Crippen LogP contribution in [0.4, 0.5) is 10.6 Å². The molecule has 2 unspecified atom stereocenters. The summed E-state index contributed by atoms with van der Waals surface area (Å²) < 4.78 is 6.74. The Hall–Kier alpha value is -2.42. The van der Waals surface area contributed by atoms with Gasteiger partial charge < -0.3 is 15.2 Å². The Labute approximate surface area is 165 Å². The van der Waals surface area contributed by atoms with Crippen LogP contribution in [0.3, 0.4) is 0 Å². The SMILES string of the molecule is COCCn1ccc(NC(=O)NC2CN(Cc3ccccc3)CCC2CO)n1. The van der Waals surface area contributed by atoms with Crippen LogP contribution >= 0.6 is 0 Å². The molecular formula is C20H29N5O3. The van der Waals surface area contributed by atoms with Crippen LogP contribution in [-0.2, 0) is 17.8 Å². The largest absolute Gasteiger partial charge is 0.396 e. The molecule has 0 spiro atoms. The number of nitrogens with one attached hydrogen (secondary N) is 2. The highest BCUT2D eigenvalue weighted by Gasteiger charge is 2.30. The van der Waals surface area contributed by atoms with Crippen LogP contribution in [0.15, 0.2) is 42.6 Å². The van der Waals surface area contributed by atoms with Crippen molar-refractivity contribution in [1.29, 1.82) is 0 Å². The standard InChI is InChI=1S/C20H29N5O3/c1-28-12-11-25-10-8-19(23-25)22-20(27)21-18-14-24(9-7-17(18)15-26)13-16-5-3-2-4-6-16/h2-6,8,10,17-18,26H,7,9,11-15H2,1H3,(H2,21,22,23,27). The average Bonchev–Trinajstić information content (AvgIpc) is 3.14. The summed E-state index contributed by atoms with van der Waals surface area (Å²) in [5.74, 6) is 0.545. The van der Waals surface area contributed by atoms with Crippen molar-refractivity contribution >= 4 is 11.8 Å². The third kappa shape index (κ3) is 5.79. The van der Waals surface area contributed by atoms with Gasteiger partial charge in [-0.3, -0.25) is 14.9 Å². The molecule has 1 aliphatic heterocycles. The molecule has 1 saturated heterocycles. The number of carbonyl (C=O) groups excluding carboxylic acids is 1. The van der Waals surface area contributed by atoms with Crippen LogP contribution in [0.2, 0.25) is 0 Å². The lowest BCUT2D eigenvalue weighted by molar-refractivity contribution is 0.0958. The topological polar surface area (TPSA) is 91.7 Å². The second kappa shape index (κ2) is 10.2. The van der Waals surface area contributed by atoms with E-state index in [0.717, 1.165) is 19.5 Å². The summed E-state index contributed by atoms with van der Waals surface area (Å²) in [5.41, 5.74) is 1.25. The fraction of sp³-hybridized carbons (Fsp3) is 0.500. The number of benzene rings is 1. The van der Waals surface area contributed by atoms with Crippen molar-refractivity contribution in [2.75, 3.05) is 38.7 Å². The Bertz CT molecular complexity index is 736. The summed E-state index contributed by atoms with van der Waals surface area (Å²) in [6, 6.07) is 11.6. The Morgan fingerprint density at radius 2 is 2.14 bits per heavy atom. The summed E-state index contributed by atoms with van der Waals surface area (Å²) in [4.78, 5) is 14.7. The van der Waals surface area contributed by atoms with Gasteiger partial charge >= 0.3 is 6.03 Å². The van der Waals surface area contributed by atoms with E-state index in [1.165, 1.54) is 5.56 Å². The van der Waals surface area contributed by atoms with E-state index >= 15 is 0 Å². The fourth-order valence-corrected chi connectivity index (χ4v) is 3.49. The molecular weight excluding hydrogens is 358 g/mol. The maximum absolute atomic E-state index is 12.4. The zero-order chi connectivity index (χ0) is 19.8. The molecule has 0 aliphatic carbocycles. The van der Waals surface area contributed by atoms with Gasteiger partial charge in [0, 0.05) is 51.0 Å². The summed E-state index contributed by atoms with van der Waals surface area (Å²) >= 11 is 0. The lowest BCUT2D eigenvalue weighted by Crippen LogP contribution is -2.54. The normalized spacial score (nSPS) is 20.1. The van der Waals surface area contributed by atoms with E-state index in [0.29, 0.717) is 25.5 Å². The van der Waals surface area contributed by atoms with Crippen LogP contribution < -0.4 is 10.6 Å². The number of carbonyl (C=O) groups is 1. The van der Waals surface area contributed by atoms with Crippen molar-refractivity contribution < 1.29 is 14.6 Å². The second-order valence-electron chi connectivity index (χ2n) is 7.11. The van der Waals surface area contributed by atoms with E-state index in [9.17, 15) is 9.90 Å². The lowest BCUT2D eigenvalue weighted by Gasteiger charge is -2.38. The van der Waals surface area contributed by atoms with Gasteiger partial charge in [0.25, 0.3) is 0 Å². The number of likely N-dealkylation sites (tertiary alicyclic amines) is 1. The van der Waals surface area contributed by atoms with Gasteiger partial charge in [-0.1, -0.05) is 30.3 Å². The number of methoxy groups -OCH3 is 1. The zero-order valence-corrected chi connectivity index (χ0v) is 16.3. The molecule has 2 atom stereocenters. The lowest BCUT2D eigenvalue weighted by atomic mass is 9.92. The van der Waals surface area contributed by atoms with Crippen LogP contribution in [0.25, 0.3) is 0 Å². The quantitative estimate of drug-likeness (QED) is 0.639. The highest BCUT2D eigenvalue weighted by Crippen LogP contribution is 2.19. The molecule has 2 heterocycles. The maximum Gasteiger partial charge on any atom is 0.320 e. The molecule has 0 bridgehead atoms. The number of nitrogens with zero attached hydrogens (tertiary/aromatic N) is 3. The molecule has 3 rings (SSSR count). The molecule has 1 aromatic heterocycles. The molecule has 8 nitrogen and oxygen atoms in total. The first-order valence-corrected chi connectivity index (χ1v) is 9.65. The number of urea groups is 1. The van der Waals surface area contributed by atoms with Gasteiger partial charge in [0.05, 0.1) is 13.2 Å². The Morgan fingerprint density at radius 1 is 1.32 bits per heavy atom. The maximum atomic E-state index is 12.4. The number of aliphatic hydroxyl groups excluding tert-OH is 1. The number of hydrogen-bond acceptors (Lipinski definition) is 5. The highest BCUT2D eigenvalue weighted by molar-refractivity contribution is 5.88. The molecule has 28 heavy (non-hydrogen) atoms. The van der Waals surface area contributed by atoms with Crippen molar-refractivity contribution in [2.24, 2.45) is 5.92 Å². The Balaban J connectivity index is 1.53. The van der Waals surface area contributed by atoms with Gasteiger partial charge in [0.1, 0.15) is 0 Å². The first-order chi connectivity index (χ1) is 13.7. The van der Waals surface area contributed by atoms with Crippen molar-refractivity contribution in [2.45, 2.75) is 25.6 Å². The zero-order valence-electron chi connectivity index (χ0n) is 16.3. The number of aromatic nitrogens is 2. The van der Waals surface area contributed by atoms with Gasteiger partial charge in [0.15, 0.2) is 5.82 Å². The Morgan fingerprint density at radius 3 is 2.89 bits per heavy atom. The summed E-state index contributed by atoms with van der Waals surface area (Å²) in [7, 11) is 1.64. The minimum Gasteiger partial charge on any atom is -0.396 e. The highest BCUT2D eigenvalue weighted by atomic mass is 16.5. The van der Waals surface area contributed by atoms with Crippen LogP contribution in [0.5, 0.6) is 0 Å². The number of anilines is 1. The molecule has 0 radical (unpaired) electrons. The monoisotopic (exact) mass is 387 g/mol. The van der Waals surface area contributed by atoms with E-state index < -0.39 is 0 Å². The van der Waals surface area contributed by atoms with Gasteiger partial charge in [-0.05, 0) is 18.5 Å². The molecule has 8 heteroatoms. The van der Waals surface area contributed by atoms with Crippen molar-refractivity contribution in [1.82, 2.24) is 20.0 Å². The summed E-state index contributed by atoms with van der Waals surface area (Å²) in [6.45, 7) is 3.70. The minimum absolute atomic E-state index is 0.0528. The van der Waals surface area contributed by atoms with E-state index in [4.69, 9.17) is 4.74 Å². The van der Waals surface area contributed by atoms with Gasteiger partial charge in [-0.15, -0.1) is 0 Å². The van der Waals surface area contributed by atoms with E-state index in [1.54, 1.807) is 24.1 Å². The number of rotatable bonds is 8. The molecule has 152 valence electrons. The van der Waals surface area contributed by atoms with Crippen LogP contribution in [0.1, 0.15) is 12.0 Å². The van der Waals surface area contributed by atoms with Crippen LogP contribution in [0, 0.1) is 5.92 Å². The second-order valence-corrected chi connectivity index (χ2v) is 7.11. The third-order valence-electron chi connectivity index (χ3n) is 5.05. The predicted octanol–water partition coefficient (Wildman–Crippen LogP) is 1.53. The smallest absolute Gasteiger partial charge is 0.320 e. The number of ether oxygens (including phenoxy) is 1. The average molecular weight is 387 g/mol. The molecule has 3 N–H and O–H groups in total. The molecule has 1 fully saturated rings. The predicted molar refractivity (Wildman–Crippen MR) is 107 cm³/mol. The van der Waals surface area contributed by atoms with Gasteiger partial charge in [-0.25, -0.2) is 4.79 Å². The van der Waals surface area contributed by atoms with Gasteiger partial charge in [0.2, 0.25) is 0 Å².